The van der Waals surface area contributed by atoms with Crippen LogP contribution in [-0.4, -0.2) is 25.5 Å². The second kappa shape index (κ2) is 6.84. The number of hydrogen-bond acceptors (Lipinski definition) is 3. The van der Waals surface area contributed by atoms with E-state index in [2.05, 4.69) is 15.5 Å². The molecule has 0 aliphatic carbocycles. The summed E-state index contributed by atoms with van der Waals surface area (Å²) in [5, 5.41) is 11.3. The number of hydrogen-bond donors (Lipinski definition) is 1. The summed E-state index contributed by atoms with van der Waals surface area (Å²) in [5.41, 5.74) is 1.30. The number of anilines is 1. The summed E-state index contributed by atoms with van der Waals surface area (Å²) < 4.78 is 16.1. The zero-order valence-corrected chi connectivity index (χ0v) is 13.7. The Morgan fingerprint density at radius 2 is 2.04 bits per heavy atom. The van der Waals surface area contributed by atoms with Crippen LogP contribution in [0.1, 0.15) is 23.0 Å². The van der Waals surface area contributed by atoms with Crippen molar-refractivity contribution in [2.45, 2.75) is 20.0 Å². The van der Waals surface area contributed by atoms with Crippen LogP contribution < -0.4 is 5.32 Å². The molecule has 0 aliphatic rings. The molecule has 3 aromatic rings. The quantitative estimate of drug-likeness (QED) is 0.770. The maximum Gasteiger partial charge on any atom is 0.275 e. The minimum Gasteiger partial charge on any atom is -0.302 e. The van der Waals surface area contributed by atoms with Gasteiger partial charge < -0.3 is 5.32 Å². The van der Waals surface area contributed by atoms with Gasteiger partial charge in [0.05, 0.1) is 6.54 Å². The van der Waals surface area contributed by atoms with E-state index >= 15 is 0 Å². The third-order valence-corrected chi connectivity index (χ3v) is 3.73. The predicted octanol–water partition coefficient (Wildman–Crippen LogP) is 3.19. The smallest absolute Gasteiger partial charge is 0.275 e. The van der Waals surface area contributed by atoms with E-state index in [9.17, 15) is 9.18 Å². The molecule has 0 aliphatic heterocycles. The Kier molecular flexibility index (Phi) is 4.61. The number of nitrogens with zero attached hydrogens (tertiary/aromatic N) is 4. The van der Waals surface area contributed by atoms with Crippen LogP contribution in [0.3, 0.4) is 0 Å². The fourth-order valence-corrected chi connectivity index (χ4v) is 2.49. The lowest BCUT2D eigenvalue weighted by molar-refractivity contribution is 0.101. The second-order valence-corrected chi connectivity index (χ2v) is 5.54. The summed E-state index contributed by atoms with van der Waals surface area (Å²) in [5.74, 6) is -0.353. The molecule has 0 saturated carbocycles. The zero-order chi connectivity index (χ0) is 17.1. The molecule has 0 spiro atoms. The first-order chi connectivity index (χ1) is 11.6. The van der Waals surface area contributed by atoms with Gasteiger partial charge in [0.2, 0.25) is 0 Å². The lowest BCUT2D eigenvalue weighted by atomic mass is 10.2. The van der Waals surface area contributed by atoms with Crippen molar-refractivity contribution in [2.75, 3.05) is 5.32 Å². The first kappa shape index (κ1) is 16.2. The number of nitrogens with one attached hydrogen (secondary N) is 1. The van der Waals surface area contributed by atoms with Crippen LogP contribution >= 0.6 is 11.6 Å². The fourth-order valence-electron chi connectivity index (χ4n) is 2.29. The molecule has 8 heteroatoms. The lowest BCUT2D eigenvalue weighted by Gasteiger charge is -2.05. The third-order valence-electron chi connectivity index (χ3n) is 3.46. The van der Waals surface area contributed by atoms with Crippen molar-refractivity contribution >= 4 is 23.3 Å². The lowest BCUT2D eigenvalue weighted by Crippen LogP contribution is -2.18. The summed E-state index contributed by atoms with van der Waals surface area (Å²) >= 11 is 6.14. The normalized spacial score (nSPS) is 10.8. The van der Waals surface area contributed by atoms with E-state index in [-0.39, 0.29) is 17.5 Å². The molecule has 24 heavy (non-hydrogen) atoms. The van der Waals surface area contributed by atoms with Crippen LogP contribution in [0.5, 0.6) is 0 Å². The van der Waals surface area contributed by atoms with Crippen LogP contribution in [0.15, 0.2) is 42.7 Å². The van der Waals surface area contributed by atoms with Crippen molar-refractivity contribution in [3.8, 4) is 0 Å². The van der Waals surface area contributed by atoms with Gasteiger partial charge in [-0.15, -0.1) is 0 Å². The number of amides is 1. The third kappa shape index (κ3) is 3.46. The summed E-state index contributed by atoms with van der Waals surface area (Å²) in [6.07, 6.45) is 3.17. The minimum atomic E-state index is -0.330. The van der Waals surface area contributed by atoms with Crippen molar-refractivity contribution < 1.29 is 9.18 Å². The van der Waals surface area contributed by atoms with Crippen molar-refractivity contribution in [1.82, 2.24) is 19.6 Å². The molecular formula is C16H15ClFN5O. The highest BCUT2D eigenvalue weighted by molar-refractivity contribution is 6.33. The highest BCUT2D eigenvalue weighted by Gasteiger charge is 2.15. The van der Waals surface area contributed by atoms with Gasteiger partial charge in [-0.3, -0.25) is 14.2 Å². The highest BCUT2D eigenvalue weighted by atomic mass is 35.5. The molecule has 2 aromatic heterocycles. The molecule has 2 heterocycles. The van der Waals surface area contributed by atoms with Crippen molar-refractivity contribution in [3.05, 3.63) is 64.8 Å². The molecule has 6 nitrogen and oxygen atoms in total. The van der Waals surface area contributed by atoms with E-state index in [1.807, 2.05) is 6.92 Å². The number of benzene rings is 1. The Labute approximate surface area is 142 Å². The van der Waals surface area contributed by atoms with Crippen LogP contribution in [0.4, 0.5) is 10.2 Å². The maximum absolute atomic E-state index is 12.9. The minimum absolute atomic E-state index is 0.271. The molecule has 1 N–H and O–H groups in total. The van der Waals surface area contributed by atoms with E-state index in [4.69, 9.17) is 11.6 Å². The number of rotatable bonds is 5. The number of carbonyl (C=O) groups is 1. The van der Waals surface area contributed by atoms with Gasteiger partial charge in [0.1, 0.15) is 16.5 Å². The molecule has 0 atom stereocenters. The summed E-state index contributed by atoms with van der Waals surface area (Å²) in [6.45, 7) is 2.90. The van der Waals surface area contributed by atoms with E-state index in [1.165, 1.54) is 12.1 Å². The molecule has 124 valence electrons. The van der Waals surface area contributed by atoms with E-state index in [1.54, 1.807) is 40.0 Å². The average molecular weight is 348 g/mol. The second-order valence-electron chi connectivity index (χ2n) is 5.14. The van der Waals surface area contributed by atoms with Crippen LogP contribution in [0.2, 0.25) is 5.02 Å². The first-order valence-corrected chi connectivity index (χ1v) is 7.75. The van der Waals surface area contributed by atoms with Crippen molar-refractivity contribution in [1.29, 1.82) is 0 Å². The summed E-state index contributed by atoms with van der Waals surface area (Å²) in [4.78, 5) is 12.3. The van der Waals surface area contributed by atoms with Gasteiger partial charge >= 0.3 is 0 Å². The van der Waals surface area contributed by atoms with Gasteiger partial charge in [-0.1, -0.05) is 23.7 Å². The van der Waals surface area contributed by atoms with E-state index < -0.39 is 0 Å². The molecule has 0 unspecified atom stereocenters. The number of aryl methyl sites for hydroxylation is 1. The standard InChI is InChI=1S/C16H15ClFN5O/c1-2-23-14(7-8-19-23)16(24)20-15-13(17)10-22(21-15)9-11-3-5-12(18)6-4-11/h3-8,10H,2,9H2,1H3,(H,20,21,24). The first-order valence-electron chi connectivity index (χ1n) is 7.37. The number of aromatic nitrogens is 4. The number of carbonyl (C=O) groups excluding carboxylic acids is 1. The SMILES string of the molecule is CCn1nccc1C(=O)Nc1nn(Cc2ccc(F)cc2)cc1Cl. The van der Waals surface area contributed by atoms with Crippen LogP contribution in [0, 0.1) is 5.82 Å². The molecule has 3 rings (SSSR count). The van der Waals surface area contributed by atoms with Gasteiger partial charge in [-0.2, -0.15) is 10.2 Å². The summed E-state index contributed by atoms with van der Waals surface area (Å²) in [6, 6.07) is 7.73. The molecule has 1 aromatic carbocycles. The summed E-state index contributed by atoms with van der Waals surface area (Å²) in [7, 11) is 0. The number of halogens is 2. The Hall–Kier alpha value is -2.67. The fraction of sp³-hybridized carbons (Fsp3) is 0.188. The Balaban J connectivity index is 1.74. The van der Waals surface area contributed by atoms with Crippen molar-refractivity contribution in [3.63, 3.8) is 0 Å². The largest absolute Gasteiger partial charge is 0.302 e. The van der Waals surface area contributed by atoms with Crippen molar-refractivity contribution in [2.24, 2.45) is 0 Å². The molecule has 0 fully saturated rings. The maximum atomic E-state index is 12.9. The highest BCUT2D eigenvalue weighted by Crippen LogP contribution is 2.21. The van der Waals surface area contributed by atoms with Gasteiger partial charge in [-0.25, -0.2) is 4.39 Å². The van der Waals surface area contributed by atoms with Gasteiger partial charge in [0, 0.05) is 18.9 Å². The molecule has 0 saturated heterocycles. The van der Waals surface area contributed by atoms with Gasteiger partial charge in [-0.05, 0) is 30.7 Å². The predicted molar refractivity (Wildman–Crippen MR) is 88.6 cm³/mol. The Bertz CT molecular complexity index is 856. The van der Waals surface area contributed by atoms with Crippen LogP contribution in [-0.2, 0) is 13.1 Å². The Morgan fingerprint density at radius 3 is 2.75 bits per heavy atom. The van der Waals surface area contributed by atoms with Crippen LogP contribution in [0.25, 0.3) is 0 Å². The molecule has 0 radical (unpaired) electrons. The molecular weight excluding hydrogens is 333 g/mol. The van der Waals surface area contributed by atoms with Gasteiger partial charge in [0.25, 0.3) is 5.91 Å². The monoisotopic (exact) mass is 347 g/mol. The van der Waals surface area contributed by atoms with Gasteiger partial charge in [0.15, 0.2) is 5.82 Å². The zero-order valence-electron chi connectivity index (χ0n) is 12.9. The average Bonchev–Trinajstić information content (AvgIpc) is 3.16. The Morgan fingerprint density at radius 1 is 1.29 bits per heavy atom. The topological polar surface area (TPSA) is 64.7 Å². The molecule has 1 amide bonds. The van der Waals surface area contributed by atoms with E-state index in [0.29, 0.717) is 23.8 Å². The molecule has 0 bridgehead atoms. The van der Waals surface area contributed by atoms with E-state index in [0.717, 1.165) is 5.56 Å².